The molecule has 0 amide bonds. The van der Waals surface area contributed by atoms with Crippen molar-refractivity contribution in [1.29, 1.82) is 0 Å². The van der Waals surface area contributed by atoms with Crippen LogP contribution in [-0.2, 0) is 4.74 Å². The molecule has 0 aromatic carbocycles. The van der Waals surface area contributed by atoms with Crippen LogP contribution in [0.5, 0.6) is 0 Å². The van der Waals surface area contributed by atoms with Gasteiger partial charge in [0.2, 0.25) is 0 Å². The molecule has 2 aliphatic rings. The van der Waals surface area contributed by atoms with Gasteiger partial charge in [-0.3, -0.25) is 4.90 Å². The first-order valence-corrected chi connectivity index (χ1v) is 8.13. The molecule has 2 unspecified atom stereocenters. The second kappa shape index (κ2) is 8.34. The molecule has 1 saturated carbocycles. The van der Waals surface area contributed by atoms with E-state index in [9.17, 15) is 13.2 Å². The lowest BCUT2D eigenvalue weighted by Crippen LogP contribution is -2.38. The zero-order chi connectivity index (χ0) is 15.1. The van der Waals surface area contributed by atoms with Crippen LogP contribution in [0.25, 0.3) is 0 Å². The van der Waals surface area contributed by atoms with Gasteiger partial charge in [0.05, 0.1) is 19.1 Å². The fourth-order valence-electron chi connectivity index (χ4n) is 3.33. The summed E-state index contributed by atoms with van der Waals surface area (Å²) in [6, 6.07) is 0. The molecule has 1 heterocycles. The number of rotatable bonds is 6. The quantitative estimate of drug-likeness (QED) is 0.764. The summed E-state index contributed by atoms with van der Waals surface area (Å²) in [7, 11) is 0. The largest absolute Gasteiger partial charge is 0.391 e. The maximum absolute atomic E-state index is 12.7. The van der Waals surface area contributed by atoms with Crippen LogP contribution >= 0.6 is 0 Å². The van der Waals surface area contributed by atoms with Crippen molar-refractivity contribution in [2.24, 2.45) is 11.8 Å². The van der Waals surface area contributed by atoms with Crippen molar-refractivity contribution < 1.29 is 17.9 Å². The molecular formula is C15H27F3N2O. The molecule has 0 radical (unpaired) electrons. The van der Waals surface area contributed by atoms with Gasteiger partial charge in [0.15, 0.2) is 0 Å². The Morgan fingerprint density at radius 3 is 2.62 bits per heavy atom. The highest BCUT2D eigenvalue weighted by Crippen LogP contribution is 2.39. The zero-order valence-corrected chi connectivity index (χ0v) is 12.6. The van der Waals surface area contributed by atoms with Crippen molar-refractivity contribution in [1.82, 2.24) is 10.2 Å². The van der Waals surface area contributed by atoms with Crippen LogP contribution in [0.1, 0.15) is 32.1 Å². The molecule has 0 bridgehead atoms. The van der Waals surface area contributed by atoms with Gasteiger partial charge in [0, 0.05) is 13.1 Å². The zero-order valence-electron chi connectivity index (χ0n) is 12.6. The van der Waals surface area contributed by atoms with Crippen molar-refractivity contribution in [2.75, 3.05) is 45.9 Å². The van der Waals surface area contributed by atoms with E-state index in [1.165, 1.54) is 0 Å². The third kappa shape index (κ3) is 6.12. The molecule has 0 aromatic heterocycles. The number of alkyl halides is 3. The highest BCUT2D eigenvalue weighted by Gasteiger charge is 2.41. The third-order valence-corrected chi connectivity index (χ3v) is 4.61. The molecule has 124 valence electrons. The van der Waals surface area contributed by atoms with Crippen LogP contribution in [0.3, 0.4) is 0 Å². The standard InChI is InChI=1S/C15H27F3N2O/c16-15(17,18)14-4-1-3-13(11-14)12-19-5-2-6-20-7-9-21-10-8-20/h13-14,19H,1-12H2. The Bertz CT molecular complexity index is 293. The number of hydrogen-bond donors (Lipinski definition) is 1. The monoisotopic (exact) mass is 308 g/mol. The predicted octanol–water partition coefficient (Wildman–Crippen LogP) is 2.67. The van der Waals surface area contributed by atoms with Gasteiger partial charge in [-0.25, -0.2) is 0 Å². The van der Waals surface area contributed by atoms with E-state index < -0.39 is 12.1 Å². The summed E-state index contributed by atoms with van der Waals surface area (Å²) in [6.07, 6.45) is -0.686. The molecule has 2 fully saturated rings. The summed E-state index contributed by atoms with van der Waals surface area (Å²) in [6.45, 7) is 6.29. The van der Waals surface area contributed by atoms with Crippen LogP contribution in [0, 0.1) is 11.8 Å². The first-order chi connectivity index (χ1) is 10.1. The second-order valence-corrected chi connectivity index (χ2v) is 6.28. The van der Waals surface area contributed by atoms with Crippen molar-refractivity contribution in [3.8, 4) is 0 Å². The average Bonchev–Trinajstić information content (AvgIpc) is 2.47. The fourth-order valence-corrected chi connectivity index (χ4v) is 3.33. The van der Waals surface area contributed by atoms with Crippen LogP contribution in [0.15, 0.2) is 0 Å². The van der Waals surface area contributed by atoms with Gasteiger partial charge in [-0.2, -0.15) is 13.2 Å². The first kappa shape index (κ1) is 17.0. The SMILES string of the molecule is FC(F)(F)C1CCCC(CNCCCN2CCOCC2)C1. The van der Waals surface area contributed by atoms with Crippen LogP contribution in [0.4, 0.5) is 13.2 Å². The lowest BCUT2D eigenvalue weighted by atomic mass is 9.81. The van der Waals surface area contributed by atoms with Gasteiger partial charge in [-0.05, 0) is 51.2 Å². The number of ether oxygens (including phenoxy) is 1. The van der Waals surface area contributed by atoms with E-state index in [0.29, 0.717) is 19.3 Å². The topological polar surface area (TPSA) is 24.5 Å². The van der Waals surface area contributed by atoms with Gasteiger partial charge in [0.25, 0.3) is 0 Å². The Kier molecular flexibility index (Phi) is 6.76. The summed E-state index contributed by atoms with van der Waals surface area (Å²) in [5.74, 6) is -0.889. The highest BCUT2D eigenvalue weighted by molar-refractivity contribution is 4.79. The van der Waals surface area contributed by atoms with Crippen molar-refractivity contribution in [3.05, 3.63) is 0 Å². The predicted molar refractivity (Wildman–Crippen MR) is 76.2 cm³/mol. The van der Waals surface area contributed by atoms with Gasteiger partial charge in [0.1, 0.15) is 0 Å². The van der Waals surface area contributed by atoms with Gasteiger partial charge in [-0.15, -0.1) is 0 Å². The van der Waals surface area contributed by atoms with E-state index >= 15 is 0 Å². The molecule has 1 aliphatic heterocycles. The molecular weight excluding hydrogens is 281 g/mol. The van der Waals surface area contributed by atoms with Gasteiger partial charge >= 0.3 is 6.18 Å². The summed E-state index contributed by atoms with van der Waals surface area (Å²) in [4.78, 5) is 2.38. The van der Waals surface area contributed by atoms with E-state index in [1.807, 2.05) is 0 Å². The van der Waals surface area contributed by atoms with Crippen LogP contribution in [-0.4, -0.2) is 57.0 Å². The van der Waals surface area contributed by atoms with Gasteiger partial charge < -0.3 is 10.1 Å². The summed E-state index contributed by atoms with van der Waals surface area (Å²) >= 11 is 0. The van der Waals surface area contributed by atoms with E-state index in [0.717, 1.165) is 58.8 Å². The van der Waals surface area contributed by atoms with Crippen LogP contribution in [0.2, 0.25) is 0 Å². The Morgan fingerprint density at radius 2 is 1.90 bits per heavy atom. The molecule has 1 N–H and O–H groups in total. The van der Waals surface area contributed by atoms with Crippen molar-refractivity contribution >= 4 is 0 Å². The minimum Gasteiger partial charge on any atom is -0.379 e. The summed E-state index contributed by atoms with van der Waals surface area (Å²) in [5, 5.41) is 3.34. The average molecular weight is 308 g/mol. The van der Waals surface area contributed by atoms with E-state index in [4.69, 9.17) is 4.74 Å². The molecule has 0 aromatic rings. The lowest BCUT2D eigenvalue weighted by molar-refractivity contribution is -0.185. The molecule has 2 rings (SSSR count). The number of nitrogens with zero attached hydrogens (tertiary/aromatic N) is 1. The summed E-state index contributed by atoms with van der Waals surface area (Å²) in [5.41, 5.74) is 0. The second-order valence-electron chi connectivity index (χ2n) is 6.28. The molecule has 0 spiro atoms. The molecule has 1 aliphatic carbocycles. The highest BCUT2D eigenvalue weighted by atomic mass is 19.4. The molecule has 21 heavy (non-hydrogen) atoms. The van der Waals surface area contributed by atoms with Crippen molar-refractivity contribution in [3.63, 3.8) is 0 Å². The first-order valence-electron chi connectivity index (χ1n) is 8.13. The Balaban J connectivity index is 1.54. The van der Waals surface area contributed by atoms with Crippen molar-refractivity contribution in [2.45, 2.75) is 38.3 Å². The summed E-state index contributed by atoms with van der Waals surface area (Å²) < 4.78 is 43.5. The maximum atomic E-state index is 12.7. The Hall–Kier alpha value is -0.330. The molecule has 2 atom stereocenters. The number of nitrogens with one attached hydrogen (secondary N) is 1. The number of morpholine rings is 1. The fraction of sp³-hybridized carbons (Fsp3) is 1.00. The molecule has 6 heteroatoms. The normalized spacial score (nSPS) is 28.7. The minimum atomic E-state index is -4.00. The Labute approximate surface area is 125 Å². The van der Waals surface area contributed by atoms with E-state index in [1.54, 1.807) is 0 Å². The van der Waals surface area contributed by atoms with E-state index in [-0.39, 0.29) is 5.92 Å². The molecule has 3 nitrogen and oxygen atoms in total. The number of hydrogen-bond acceptors (Lipinski definition) is 3. The molecule has 1 saturated heterocycles. The third-order valence-electron chi connectivity index (χ3n) is 4.61. The van der Waals surface area contributed by atoms with E-state index in [2.05, 4.69) is 10.2 Å². The van der Waals surface area contributed by atoms with Crippen LogP contribution < -0.4 is 5.32 Å². The number of halogens is 3. The lowest BCUT2D eigenvalue weighted by Gasteiger charge is -2.31. The minimum absolute atomic E-state index is 0.189. The Morgan fingerprint density at radius 1 is 1.14 bits per heavy atom. The smallest absolute Gasteiger partial charge is 0.379 e. The maximum Gasteiger partial charge on any atom is 0.391 e. The van der Waals surface area contributed by atoms with Gasteiger partial charge in [-0.1, -0.05) is 6.42 Å².